The third-order valence-electron chi connectivity index (χ3n) is 4.62. The van der Waals surface area contributed by atoms with Crippen LogP contribution in [0.2, 0.25) is 0 Å². The van der Waals surface area contributed by atoms with Gasteiger partial charge in [-0.15, -0.1) is 0 Å². The second-order valence-electron chi connectivity index (χ2n) is 6.12. The lowest BCUT2D eigenvalue weighted by Crippen LogP contribution is -2.20. The van der Waals surface area contributed by atoms with E-state index in [9.17, 15) is 0 Å². The molecule has 1 aliphatic heterocycles. The third kappa shape index (κ3) is 2.11. The molecule has 0 aromatic carbocycles. The predicted octanol–water partition coefficient (Wildman–Crippen LogP) is 3.67. The minimum atomic E-state index is 0.00756. The lowest BCUT2D eigenvalue weighted by molar-refractivity contribution is -0.0384. The molecule has 4 aromatic heterocycles. The van der Waals surface area contributed by atoms with Crippen molar-refractivity contribution < 1.29 is 4.74 Å². The number of nitrogens with zero attached hydrogens (tertiary/aromatic N) is 4. The van der Waals surface area contributed by atoms with Crippen LogP contribution in [0.3, 0.4) is 0 Å². The summed E-state index contributed by atoms with van der Waals surface area (Å²) in [6, 6.07) is 8.10. The minimum Gasteiger partial charge on any atom is -0.356 e. The molecule has 4 aromatic rings. The summed E-state index contributed by atoms with van der Waals surface area (Å²) in [5.74, 6) is 0. The molecular formula is C18H17N5O. The second kappa shape index (κ2) is 5.42. The van der Waals surface area contributed by atoms with Gasteiger partial charge in [0.1, 0.15) is 5.65 Å². The highest BCUT2D eigenvalue weighted by atomic mass is 16.5. The summed E-state index contributed by atoms with van der Waals surface area (Å²) in [7, 11) is 0. The van der Waals surface area contributed by atoms with Crippen molar-refractivity contribution in [2.75, 3.05) is 6.61 Å². The highest BCUT2D eigenvalue weighted by Gasteiger charge is 2.20. The number of hydrogen-bond acceptors (Lipinski definition) is 4. The third-order valence-corrected chi connectivity index (χ3v) is 4.62. The summed E-state index contributed by atoms with van der Waals surface area (Å²) in [6.45, 7) is 0.797. The zero-order valence-electron chi connectivity index (χ0n) is 13.1. The Bertz CT molecular complexity index is 1010. The molecule has 0 radical (unpaired) electrons. The molecule has 0 spiro atoms. The number of H-pyrrole nitrogens is 1. The SMILES string of the molecule is c1cc2[nH]c3nc(-c4ccnn4C4CCCCO4)ccc3c2cn1. The summed E-state index contributed by atoms with van der Waals surface area (Å²) >= 11 is 0. The first-order valence-corrected chi connectivity index (χ1v) is 8.28. The molecular weight excluding hydrogens is 302 g/mol. The quantitative estimate of drug-likeness (QED) is 0.612. The molecule has 24 heavy (non-hydrogen) atoms. The largest absolute Gasteiger partial charge is 0.356 e. The van der Waals surface area contributed by atoms with Gasteiger partial charge in [0.25, 0.3) is 0 Å². The van der Waals surface area contributed by atoms with E-state index in [2.05, 4.69) is 21.1 Å². The molecule has 5 rings (SSSR count). The van der Waals surface area contributed by atoms with Gasteiger partial charge in [-0.2, -0.15) is 5.10 Å². The summed E-state index contributed by atoms with van der Waals surface area (Å²) in [5, 5.41) is 6.65. The Morgan fingerprint density at radius 1 is 1.08 bits per heavy atom. The van der Waals surface area contributed by atoms with Crippen molar-refractivity contribution in [2.24, 2.45) is 0 Å². The van der Waals surface area contributed by atoms with Crippen LogP contribution in [-0.4, -0.2) is 31.3 Å². The Morgan fingerprint density at radius 2 is 2.08 bits per heavy atom. The molecule has 1 saturated heterocycles. The zero-order valence-corrected chi connectivity index (χ0v) is 13.1. The average Bonchev–Trinajstić information content (AvgIpc) is 3.26. The van der Waals surface area contributed by atoms with E-state index in [1.54, 1.807) is 6.20 Å². The number of fused-ring (bicyclic) bond motifs is 3. The van der Waals surface area contributed by atoms with Gasteiger partial charge in [0, 0.05) is 36.0 Å². The molecule has 1 fully saturated rings. The predicted molar refractivity (Wildman–Crippen MR) is 91.5 cm³/mol. The number of ether oxygens (including phenoxy) is 1. The van der Waals surface area contributed by atoms with Crippen LogP contribution in [-0.2, 0) is 4.74 Å². The van der Waals surface area contributed by atoms with E-state index in [1.807, 2.05) is 35.3 Å². The van der Waals surface area contributed by atoms with Crippen molar-refractivity contribution in [2.45, 2.75) is 25.5 Å². The normalized spacial score (nSPS) is 18.4. The van der Waals surface area contributed by atoms with Gasteiger partial charge in [0.05, 0.1) is 16.9 Å². The van der Waals surface area contributed by atoms with E-state index in [0.717, 1.165) is 52.8 Å². The average molecular weight is 319 g/mol. The fraction of sp³-hybridized carbons (Fsp3) is 0.278. The van der Waals surface area contributed by atoms with Gasteiger partial charge in [-0.1, -0.05) is 0 Å². The molecule has 5 heterocycles. The van der Waals surface area contributed by atoms with Gasteiger partial charge in [-0.05, 0) is 43.5 Å². The number of nitrogens with one attached hydrogen (secondary N) is 1. The molecule has 1 aliphatic rings. The van der Waals surface area contributed by atoms with Crippen molar-refractivity contribution in [1.82, 2.24) is 24.7 Å². The fourth-order valence-corrected chi connectivity index (χ4v) is 3.42. The second-order valence-corrected chi connectivity index (χ2v) is 6.12. The summed E-state index contributed by atoms with van der Waals surface area (Å²) in [4.78, 5) is 12.4. The van der Waals surface area contributed by atoms with Crippen LogP contribution in [0.1, 0.15) is 25.5 Å². The van der Waals surface area contributed by atoms with E-state index in [1.165, 1.54) is 6.42 Å². The molecule has 0 bridgehead atoms. The summed E-state index contributed by atoms with van der Waals surface area (Å²) < 4.78 is 7.83. The molecule has 0 amide bonds. The number of aromatic amines is 1. The van der Waals surface area contributed by atoms with Crippen LogP contribution in [0.5, 0.6) is 0 Å². The van der Waals surface area contributed by atoms with E-state index < -0.39 is 0 Å². The van der Waals surface area contributed by atoms with Crippen LogP contribution < -0.4 is 0 Å². The van der Waals surface area contributed by atoms with Crippen molar-refractivity contribution in [3.8, 4) is 11.4 Å². The molecule has 1 atom stereocenters. The number of pyridine rings is 2. The highest BCUT2D eigenvalue weighted by Crippen LogP contribution is 2.30. The highest BCUT2D eigenvalue weighted by molar-refractivity contribution is 6.05. The van der Waals surface area contributed by atoms with Gasteiger partial charge >= 0.3 is 0 Å². The molecule has 1 unspecified atom stereocenters. The van der Waals surface area contributed by atoms with Crippen LogP contribution in [0.15, 0.2) is 42.9 Å². The molecule has 6 nitrogen and oxygen atoms in total. The Morgan fingerprint density at radius 3 is 3.00 bits per heavy atom. The molecule has 0 aliphatic carbocycles. The first-order valence-electron chi connectivity index (χ1n) is 8.28. The van der Waals surface area contributed by atoms with Crippen LogP contribution >= 0.6 is 0 Å². The summed E-state index contributed by atoms with van der Waals surface area (Å²) in [6.07, 6.45) is 8.77. The first-order chi connectivity index (χ1) is 11.9. The number of aromatic nitrogens is 5. The topological polar surface area (TPSA) is 68.6 Å². The maximum atomic E-state index is 5.88. The molecule has 6 heteroatoms. The maximum absolute atomic E-state index is 5.88. The van der Waals surface area contributed by atoms with E-state index >= 15 is 0 Å². The van der Waals surface area contributed by atoms with Crippen molar-refractivity contribution in [3.05, 3.63) is 42.9 Å². The Kier molecular flexibility index (Phi) is 3.09. The van der Waals surface area contributed by atoms with Gasteiger partial charge in [0.15, 0.2) is 6.23 Å². The Hall–Kier alpha value is -2.73. The van der Waals surface area contributed by atoms with Crippen LogP contribution in [0.4, 0.5) is 0 Å². The maximum Gasteiger partial charge on any atom is 0.150 e. The van der Waals surface area contributed by atoms with E-state index in [-0.39, 0.29) is 6.23 Å². The van der Waals surface area contributed by atoms with Gasteiger partial charge in [-0.25, -0.2) is 9.67 Å². The molecule has 1 N–H and O–H groups in total. The number of rotatable bonds is 2. The first kappa shape index (κ1) is 13.7. The lowest BCUT2D eigenvalue weighted by atomic mass is 10.1. The standard InChI is InChI=1S/C18H17N5O/c1-2-10-24-17(3-1)23-16(7-9-20-23)15-5-4-12-13-11-19-8-6-14(13)21-18(12)22-15/h4-9,11,17H,1-3,10H2,(H,21,22). The van der Waals surface area contributed by atoms with E-state index in [4.69, 9.17) is 9.72 Å². The van der Waals surface area contributed by atoms with Crippen molar-refractivity contribution >= 4 is 21.9 Å². The van der Waals surface area contributed by atoms with E-state index in [0.29, 0.717) is 0 Å². The van der Waals surface area contributed by atoms with Crippen molar-refractivity contribution in [3.63, 3.8) is 0 Å². The Balaban J connectivity index is 1.62. The van der Waals surface area contributed by atoms with Gasteiger partial charge in [0.2, 0.25) is 0 Å². The van der Waals surface area contributed by atoms with Crippen molar-refractivity contribution in [1.29, 1.82) is 0 Å². The Labute approximate surface area is 138 Å². The molecule has 120 valence electrons. The minimum absolute atomic E-state index is 0.00756. The summed E-state index contributed by atoms with van der Waals surface area (Å²) in [5.41, 5.74) is 3.80. The number of hydrogen-bond donors (Lipinski definition) is 1. The smallest absolute Gasteiger partial charge is 0.150 e. The lowest BCUT2D eigenvalue weighted by Gasteiger charge is -2.24. The van der Waals surface area contributed by atoms with Crippen LogP contribution in [0, 0.1) is 0 Å². The molecule has 0 saturated carbocycles. The monoisotopic (exact) mass is 319 g/mol. The van der Waals surface area contributed by atoms with Gasteiger partial charge < -0.3 is 9.72 Å². The van der Waals surface area contributed by atoms with Gasteiger partial charge in [-0.3, -0.25) is 4.98 Å². The fourth-order valence-electron chi connectivity index (χ4n) is 3.42. The zero-order chi connectivity index (χ0) is 15.9. The van der Waals surface area contributed by atoms with Crippen LogP contribution in [0.25, 0.3) is 33.3 Å².